The molecule has 2 atom stereocenters. The second-order valence-electron chi connectivity index (χ2n) is 6.95. The van der Waals surface area contributed by atoms with Gasteiger partial charge in [-0.1, -0.05) is 29.8 Å². The van der Waals surface area contributed by atoms with Crippen LogP contribution in [-0.4, -0.2) is 41.7 Å². The first-order chi connectivity index (χ1) is 12.9. The van der Waals surface area contributed by atoms with Gasteiger partial charge in [0.1, 0.15) is 6.54 Å². The molecule has 1 fully saturated rings. The average Bonchev–Trinajstić information content (AvgIpc) is 2.88. The third-order valence-corrected chi connectivity index (χ3v) is 4.91. The van der Waals surface area contributed by atoms with Crippen molar-refractivity contribution >= 4 is 29.4 Å². The van der Waals surface area contributed by atoms with Crippen LogP contribution >= 0.6 is 0 Å². The SMILES string of the molecule is Cc1ccc(NC(=O)COC(=O)CN2C(=O)[C@H]3CC=CC[C@H]3C2=O)c(C)c1. The van der Waals surface area contributed by atoms with Crippen molar-refractivity contribution in [3.8, 4) is 0 Å². The zero-order valence-corrected chi connectivity index (χ0v) is 15.4. The summed E-state index contributed by atoms with van der Waals surface area (Å²) in [5.41, 5.74) is 2.62. The molecule has 0 bridgehead atoms. The van der Waals surface area contributed by atoms with E-state index in [1.54, 1.807) is 6.07 Å². The summed E-state index contributed by atoms with van der Waals surface area (Å²) in [6.07, 6.45) is 4.79. The number of rotatable bonds is 5. The van der Waals surface area contributed by atoms with Crippen LogP contribution in [0.4, 0.5) is 5.69 Å². The lowest BCUT2D eigenvalue weighted by atomic mass is 9.85. The highest BCUT2D eigenvalue weighted by Crippen LogP contribution is 2.34. The Morgan fingerprint density at radius 2 is 1.74 bits per heavy atom. The fraction of sp³-hybridized carbons (Fsp3) is 0.400. The quantitative estimate of drug-likeness (QED) is 0.484. The van der Waals surface area contributed by atoms with Crippen molar-refractivity contribution in [2.75, 3.05) is 18.5 Å². The summed E-state index contributed by atoms with van der Waals surface area (Å²) in [7, 11) is 0. The van der Waals surface area contributed by atoms with Crippen molar-refractivity contribution in [3.05, 3.63) is 41.5 Å². The average molecular weight is 370 g/mol. The zero-order chi connectivity index (χ0) is 19.6. The van der Waals surface area contributed by atoms with Crippen molar-refractivity contribution in [2.45, 2.75) is 26.7 Å². The maximum atomic E-state index is 12.3. The van der Waals surface area contributed by atoms with Crippen LogP contribution in [0.3, 0.4) is 0 Å². The van der Waals surface area contributed by atoms with Gasteiger partial charge in [0.25, 0.3) is 5.91 Å². The Hall–Kier alpha value is -2.96. The second-order valence-corrected chi connectivity index (χ2v) is 6.95. The molecule has 0 unspecified atom stereocenters. The molecule has 2 aliphatic rings. The first-order valence-electron chi connectivity index (χ1n) is 8.89. The van der Waals surface area contributed by atoms with Crippen LogP contribution in [0.1, 0.15) is 24.0 Å². The van der Waals surface area contributed by atoms with Crippen molar-refractivity contribution < 1.29 is 23.9 Å². The number of imide groups is 1. The number of aryl methyl sites for hydroxylation is 2. The van der Waals surface area contributed by atoms with E-state index in [1.165, 1.54) is 0 Å². The standard InChI is InChI=1S/C20H22N2O5/c1-12-7-8-16(13(2)9-12)21-17(23)11-27-18(24)10-22-19(25)14-5-3-4-6-15(14)20(22)26/h3-4,7-9,14-15H,5-6,10-11H2,1-2H3,(H,21,23)/t14-,15+. The molecular weight excluding hydrogens is 348 g/mol. The summed E-state index contributed by atoms with van der Waals surface area (Å²) in [5, 5.41) is 2.67. The number of carbonyl (C=O) groups is 4. The lowest BCUT2D eigenvalue weighted by molar-refractivity contribution is -0.154. The summed E-state index contributed by atoms with van der Waals surface area (Å²) < 4.78 is 4.94. The molecule has 142 valence electrons. The first kappa shape index (κ1) is 18.8. The van der Waals surface area contributed by atoms with Crippen molar-refractivity contribution in [3.63, 3.8) is 0 Å². The maximum Gasteiger partial charge on any atom is 0.326 e. The van der Waals surface area contributed by atoms with Gasteiger partial charge in [0.05, 0.1) is 11.8 Å². The van der Waals surface area contributed by atoms with Gasteiger partial charge in [-0.3, -0.25) is 24.1 Å². The molecule has 3 rings (SSSR count). The highest BCUT2D eigenvalue weighted by Gasteiger charge is 2.47. The fourth-order valence-electron chi connectivity index (χ4n) is 3.49. The molecule has 0 aromatic heterocycles. The van der Waals surface area contributed by atoms with E-state index in [9.17, 15) is 19.2 Å². The molecule has 7 heteroatoms. The van der Waals surface area contributed by atoms with E-state index in [-0.39, 0.29) is 23.7 Å². The highest BCUT2D eigenvalue weighted by molar-refractivity contribution is 6.07. The first-order valence-corrected chi connectivity index (χ1v) is 8.89. The van der Waals surface area contributed by atoms with Crippen LogP contribution in [0.2, 0.25) is 0 Å². The Bertz CT molecular complexity index is 804. The van der Waals surface area contributed by atoms with E-state index in [0.29, 0.717) is 18.5 Å². The number of nitrogens with one attached hydrogen (secondary N) is 1. The Labute approximate surface area is 157 Å². The van der Waals surface area contributed by atoms with Crippen LogP contribution in [0, 0.1) is 25.7 Å². The third-order valence-electron chi connectivity index (χ3n) is 4.91. The van der Waals surface area contributed by atoms with Gasteiger partial charge in [-0.2, -0.15) is 0 Å². The van der Waals surface area contributed by atoms with Crippen molar-refractivity contribution in [1.29, 1.82) is 0 Å². The number of allylic oxidation sites excluding steroid dienone is 2. The number of carbonyl (C=O) groups excluding carboxylic acids is 4. The predicted molar refractivity (Wildman–Crippen MR) is 97.6 cm³/mol. The molecule has 1 aliphatic carbocycles. The van der Waals surface area contributed by atoms with Crippen LogP contribution < -0.4 is 5.32 Å². The lowest BCUT2D eigenvalue weighted by Crippen LogP contribution is -2.37. The smallest absolute Gasteiger partial charge is 0.326 e. The number of anilines is 1. The van der Waals surface area contributed by atoms with Gasteiger partial charge in [-0.05, 0) is 38.3 Å². The molecule has 0 saturated carbocycles. The minimum Gasteiger partial charge on any atom is -0.454 e. The number of ether oxygens (including phenoxy) is 1. The minimum absolute atomic E-state index is 0.342. The number of amides is 3. The molecule has 27 heavy (non-hydrogen) atoms. The van der Waals surface area contributed by atoms with Gasteiger partial charge in [-0.25, -0.2) is 0 Å². The maximum absolute atomic E-state index is 12.3. The fourth-order valence-corrected chi connectivity index (χ4v) is 3.49. The van der Waals surface area contributed by atoms with Gasteiger partial charge in [0, 0.05) is 5.69 Å². The molecule has 1 saturated heterocycles. The van der Waals surface area contributed by atoms with E-state index >= 15 is 0 Å². The molecule has 1 N–H and O–H groups in total. The van der Waals surface area contributed by atoms with E-state index in [4.69, 9.17) is 4.74 Å². The van der Waals surface area contributed by atoms with Gasteiger partial charge in [0.15, 0.2) is 6.61 Å². The number of hydrogen-bond donors (Lipinski definition) is 1. The Balaban J connectivity index is 1.50. The van der Waals surface area contributed by atoms with Gasteiger partial charge >= 0.3 is 5.97 Å². The number of benzene rings is 1. The van der Waals surface area contributed by atoms with Crippen molar-refractivity contribution in [1.82, 2.24) is 4.90 Å². The second kappa shape index (κ2) is 7.73. The summed E-state index contributed by atoms with van der Waals surface area (Å²) in [6, 6.07) is 5.58. The summed E-state index contributed by atoms with van der Waals surface area (Å²) >= 11 is 0. The predicted octanol–water partition coefficient (Wildman–Crippen LogP) is 1.74. The number of hydrogen-bond acceptors (Lipinski definition) is 5. The lowest BCUT2D eigenvalue weighted by Gasteiger charge is -2.14. The minimum atomic E-state index is -0.779. The molecule has 7 nitrogen and oxygen atoms in total. The molecular formula is C20H22N2O5. The van der Waals surface area contributed by atoms with E-state index in [0.717, 1.165) is 16.0 Å². The number of esters is 1. The molecule has 1 aromatic rings. The Morgan fingerprint density at radius 1 is 1.11 bits per heavy atom. The van der Waals surface area contributed by atoms with E-state index in [2.05, 4.69) is 5.32 Å². The monoisotopic (exact) mass is 370 g/mol. The molecule has 1 aliphatic heterocycles. The van der Waals surface area contributed by atoms with E-state index in [1.807, 2.05) is 38.1 Å². The topological polar surface area (TPSA) is 92.8 Å². The van der Waals surface area contributed by atoms with E-state index < -0.39 is 25.0 Å². The van der Waals surface area contributed by atoms with Crippen molar-refractivity contribution in [2.24, 2.45) is 11.8 Å². The van der Waals surface area contributed by atoms with Gasteiger partial charge in [-0.15, -0.1) is 0 Å². The number of nitrogens with zero attached hydrogens (tertiary/aromatic N) is 1. The highest BCUT2D eigenvalue weighted by atomic mass is 16.5. The molecule has 0 radical (unpaired) electrons. The normalized spacial score (nSPS) is 21.2. The zero-order valence-electron chi connectivity index (χ0n) is 15.4. The molecule has 1 aromatic carbocycles. The van der Waals surface area contributed by atoms with Crippen LogP contribution in [0.15, 0.2) is 30.4 Å². The van der Waals surface area contributed by atoms with Crippen LogP contribution in [0.5, 0.6) is 0 Å². The molecule has 3 amide bonds. The van der Waals surface area contributed by atoms with Crippen LogP contribution in [-0.2, 0) is 23.9 Å². The van der Waals surface area contributed by atoms with Gasteiger partial charge in [0.2, 0.25) is 11.8 Å². The number of likely N-dealkylation sites (tertiary alicyclic amines) is 1. The van der Waals surface area contributed by atoms with Gasteiger partial charge < -0.3 is 10.1 Å². The Morgan fingerprint density at radius 3 is 2.33 bits per heavy atom. The summed E-state index contributed by atoms with van der Waals surface area (Å²) in [6.45, 7) is 2.89. The third kappa shape index (κ3) is 4.07. The number of fused-ring (bicyclic) bond motifs is 1. The molecule has 0 spiro atoms. The Kier molecular flexibility index (Phi) is 5.39. The summed E-state index contributed by atoms with van der Waals surface area (Å²) in [4.78, 5) is 49.6. The summed E-state index contributed by atoms with van der Waals surface area (Å²) in [5.74, 6) is -2.71. The largest absolute Gasteiger partial charge is 0.454 e. The van der Waals surface area contributed by atoms with Crippen LogP contribution in [0.25, 0.3) is 0 Å². The molecule has 1 heterocycles.